The van der Waals surface area contributed by atoms with Gasteiger partial charge in [-0.25, -0.2) is 4.79 Å². The highest BCUT2D eigenvalue weighted by Crippen LogP contribution is 2.26. The van der Waals surface area contributed by atoms with E-state index < -0.39 is 67.3 Å². The van der Waals surface area contributed by atoms with E-state index in [1.165, 1.54) is 38.5 Å². The van der Waals surface area contributed by atoms with Gasteiger partial charge in [-0.05, 0) is 122 Å². The summed E-state index contributed by atoms with van der Waals surface area (Å²) in [5, 5.41) is 31.5. The second kappa shape index (κ2) is 50.2. The molecule has 0 amide bonds. The first kappa shape index (κ1) is 68.4. The Morgan fingerprint density at radius 1 is 0.453 bits per heavy atom. The lowest BCUT2D eigenvalue weighted by atomic mass is 9.98. The quantitative estimate of drug-likeness (QED) is 0.0228. The number of rotatable bonds is 47. The van der Waals surface area contributed by atoms with E-state index in [-0.39, 0.29) is 25.9 Å². The number of allylic oxidation sites excluding steroid dienone is 18. The summed E-state index contributed by atoms with van der Waals surface area (Å²) in [6, 6.07) is 0. The topological polar surface area (TPSA) is 175 Å². The Labute approximate surface area is 453 Å². The molecule has 0 aliphatic carbocycles. The lowest BCUT2D eigenvalue weighted by Crippen LogP contribution is -2.61. The fourth-order valence-electron chi connectivity index (χ4n) is 7.93. The Morgan fingerprint density at radius 2 is 0.840 bits per heavy atom. The van der Waals surface area contributed by atoms with E-state index in [0.717, 1.165) is 116 Å². The normalized spacial score (nSPS) is 19.0. The summed E-state index contributed by atoms with van der Waals surface area (Å²) in [7, 11) is 0. The molecule has 0 bridgehead atoms. The van der Waals surface area contributed by atoms with Crippen molar-refractivity contribution in [1.82, 2.24) is 0 Å². The molecule has 6 atom stereocenters. The van der Waals surface area contributed by atoms with Crippen LogP contribution in [0.15, 0.2) is 109 Å². The largest absolute Gasteiger partial charge is 0.479 e. The average molecular weight is 1050 g/mol. The minimum Gasteiger partial charge on any atom is -0.479 e. The first-order chi connectivity index (χ1) is 36.6. The van der Waals surface area contributed by atoms with Gasteiger partial charge in [-0.3, -0.25) is 14.4 Å². The van der Waals surface area contributed by atoms with E-state index in [9.17, 15) is 34.5 Å². The molecule has 1 fully saturated rings. The van der Waals surface area contributed by atoms with Crippen molar-refractivity contribution in [3.8, 4) is 0 Å². The maximum Gasteiger partial charge on any atom is 0.335 e. The number of carboxylic acid groups (broad SMARTS) is 1. The molecule has 1 aliphatic heterocycles. The van der Waals surface area contributed by atoms with Crippen LogP contribution in [0.3, 0.4) is 0 Å². The van der Waals surface area contributed by atoms with Crippen LogP contribution in [0.4, 0.5) is 0 Å². The summed E-state index contributed by atoms with van der Waals surface area (Å²) in [6.07, 6.45) is 54.9. The van der Waals surface area contributed by atoms with Crippen LogP contribution in [0.25, 0.3) is 0 Å². The van der Waals surface area contributed by atoms with Crippen LogP contribution in [0.2, 0.25) is 0 Å². The van der Waals surface area contributed by atoms with Crippen molar-refractivity contribution in [2.45, 2.75) is 250 Å². The Balaban J connectivity index is 2.77. The third kappa shape index (κ3) is 40.3. The maximum atomic E-state index is 13.1. The molecule has 1 aliphatic rings. The van der Waals surface area contributed by atoms with Gasteiger partial charge in [-0.15, -0.1) is 0 Å². The monoisotopic (exact) mass is 1050 g/mol. The number of unbranched alkanes of at least 4 members (excludes halogenated alkanes) is 15. The lowest BCUT2D eigenvalue weighted by molar-refractivity contribution is -0.301. The Morgan fingerprint density at radius 3 is 1.32 bits per heavy atom. The summed E-state index contributed by atoms with van der Waals surface area (Å²) < 4.78 is 28.3. The average Bonchev–Trinajstić information content (AvgIpc) is 3.39. The van der Waals surface area contributed by atoms with Crippen molar-refractivity contribution in [3.05, 3.63) is 109 Å². The van der Waals surface area contributed by atoms with Crippen molar-refractivity contribution in [2.75, 3.05) is 13.2 Å². The van der Waals surface area contributed by atoms with Gasteiger partial charge in [0, 0.05) is 19.3 Å². The number of aliphatic carboxylic acids is 1. The molecule has 6 unspecified atom stereocenters. The second-order valence-corrected chi connectivity index (χ2v) is 19.2. The first-order valence-corrected chi connectivity index (χ1v) is 28.9. The number of hydrogen-bond acceptors (Lipinski definition) is 11. The molecule has 75 heavy (non-hydrogen) atoms. The van der Waals surface area contributed by atoms with E-state index in [4.69, 9.17) is 23.7 Å². The summed E-state index contributed by atoms with van der Waals surface area (Å²) in [6.45, 7) is 5.67. The van der Waals surface area contributed by atoms with E-state index >= 15 is 0 Å². The number of carbonyl (C=O) groups excluding carboxylic acids is 3. The number of aliphatic hydroxyl groups is 2. The Hall–Kier alpha value is -4.62. The zero-order valence-corrected chi connectivity index (χ0v) is 46.5. The molecule has 1 saturated heterocycles. The fraction of sp³-hybridized carbons (Fsp3) is 0.651. The van der Waals surface area contributed by atoms with Crippen molar-refractivity contribution in [2.24, 2.45) is 0 Å². The third-order valence-electron chi connectivity index (χ3n) is 12.3. The molecular formula is C63H100O12. The van der Waals surface area contributed by atoms with Gasteiger partial charge in [0.2, 0.25) is 0 Å². The van der Waals surface area contributed by atoms with E-state index in [1.54, 1.807) is 0 Å². The number of carboxylic acids is 1. The molecule has 1 rings (SSSR count). The zero-order chi connectivity index (χ0) is 54.7. The van der Waals surface area contributed by atoms with Crippen molar-refractivity contribution in [1.29, 1.82) is 0 Å². The van der Waals surface area contributed by atoms with Crippen LogP contribution in [-0.4, -0.2) is 89.2 Å². The molecule has 424 valence electrons. The summed E-state index contributed by atoms with van der Waals surface area (Å²) in [5.41, 5.74) is 0. The van der Waals surface area contributed by atoms with Gasteiger partial charge in [0.1, 0.15) is 18.8 Å². The summed E-state index contributed by atoms with van der Waals surface area (Å²) in [5.74, 6) is -3.26. The molecule has 0 radical (unpaired) electrons. The Kier molecular flexibility index (Phi) is 45.8. The minimum atomic E-state index is -1.92. The lowest BCUT2D eigenvalue weighted by Gasteiger charge is -2.40. The smallest absolute Gasteiger partial charge is 0.335 e. The molecule has 3 N–H and O–H groups in total. The third-order valence-corrected chi connectivity index (χ3v) is 12.3. The van der Waals surface area contributed by atoms with E-state index in [2.05, 4.69) is 130 Å². The highest BCUT2D eigenvalue weighted by molar-refractivity contribution is 5.74. The molecule has 0 aromatic carbocycles. The number of esters is 3. The predicted molar refractivity (Wildman–Crippen MR) is 303 cm³/mol. The van der Waals surface area contributed by atoms with Gasteiger partial charge in [0.05, 0.1) is 6.61 Å². The van der Waals surface area contributed by atoms with Crippen molar-refractivity contribution in [3.63, 3.8) is 0 Å². The van der Waals surface area contributed by atoms with Crippen molar-refractivity contribution >= 4 is 23.9 Å². The van der Waals surface area contributed by atoms with Gasteiger partial charge < -0.3 is 39.0 Å². The highest BCUT2D eigenvalue weighted by atomic mass is 16.7. The van der Waals surface area contributed by atoms with Gasteiger partial charge in [0.25, 0.3) is 0 Å². The molecular weight excluding hydrogens is 949 g/mol. The molecule has 0 aromatic rings. The van der Waals surface area contributed by atoms with Crippen LogP contribution in [0.5, 0.6) is 0 Å². The van der Waals surface area contributed by atoms with E-state index in [1.807, 2.05) is 0 Å². The van der Waals surface area contributed by atoms with Gasteiger partial charge in [-0.1, -0.05) is 182 Å². The Bertz CT molecular complexity index is 1720. The van der Waals surface area contributed by atoms with Crippen LogP contribution in [-0.2, 0) is 42.9 Å². The minimum absolute atomic E-state index is 0.0362. The molecule has 0 saturated carbocycles. The SMILES string of the molecule is CC/C=C\C/C=C\C/C=C\C/C=C\CCCCC(=O)OCC(COC1OC(C(=O)O)C(O)C(O)C1OC(=O)CCCCCCC/C=C\CCCCCCCC)OC(=O)CCCC/C=C\C/C=C\C/C=C\C/C=C\CC. The molecule has 0 spiro atoms. The van der Waals surface area contributed by atoms with Gasteiger partial charge in [0.15, 0.2) is 24.6 Å². The standard InChI is InChI=1S/C63H100O12/c1-4-7-10-13-16-19-22-25-28-31-34-37-40-43-46-49-55(64)71-52-54(73-56(65)50-47-44-41-38-35-32-29-26-23-20-17-14-11-8-5-2)53-72-63-61(59(68)58(67)60(75-63)62(69)70)74-57(66)51-48-45-42-39-36-33-30-27-24-21-18-15-12-9-6-3/h7-8,10-11,16-17,19-20,25-30,34-35,37-38,54,58-61,63,67-68H,4-6,9,12-15,18,21-24,31-33,36,39-53H2,1-3H3,(H,69,70)/b10-7-,11-8-,19-16-,20-17-,28-25-,29-26-,30-27-,37-34-,38-35-. The van der Waals surface area contributed by atoms with Gasteiger partial charge in [-0.2, -0.15) is 0 Å². The fourth-order valence-corrected chi connectivity index (χ4v) is 7.93. The first-order valence-electron chi connectivity index (χ1n) is 28.9. The van der Waals surface area contributed by atoms with Gasteiger partial charge >= 0.3 is 23.9 Å². The summed E-state index contributed by atoms with van der Waals surface area (Å²) >= 11 is 0. The van der Waals surface area contributed by atoms with Crippen LogP contribution in [0, 0.1) is 0 Å². The van der Waals surface area contributed by atoms with Crippen molar-refractivity contribution < 1.29 is 58.2 Å². The van der Waals surface area contributed by atoms with Crippen LogP contribution >= 0.6 is 0 Å². The van der Waals surface area contributed by atoms with E-state index in [0.29, 0.717) is 19.3 Å². The zero-order valence-electron chi connectivity index (χ0n) is 46.5. The van der Waals surface area contributed by atoms with Crippen LogP contribution < -0.4 is 0 Å². The predicted octanol–water partition coefficient (Wildman–Crippen LogP) is 14.7. The number of hydrogen-bond donors (Lipinski definition) is 3. The highest BCUT2D eigenvalue weighted by Gasteiger charge is 2.50. The second-order valence-electron chi connectivity index (χ2n) is 19.2. The number of carbonyl (C=O) groups is 4. The number of ether oxygens (including phenoxy) is 5. The molecule has 1 heterocycles. The number of aliphatic hydroxyl groups excluding tert-OH is 2. The maximum absolute atomic E-state index is 13.1. The van der Waals surface area contributed by atoms with Crippen LogP contribution in [0.1, 0.15) is 213 Å². The summed E-state index contributed by atoms with van der Waals surface area (Å²) in [4.78, 5) is 51.1. The molecule has 12 nitrogen and oxygen atoms in total. The molecule has 12 heteroatoms. The molecule has 0 aromatic heterocycles.